The molecule has 0 aliphatic heterocycles. The molecule has 0 aromatic carbocycles. The molecule has 2 amide bonds. The second-order valence-corrected chi connectivity index (χ2v) is 5.70. The Bertz CT molecular complexity index is 434. The van der Waals surface area contributed by atoms with Gasteiger partial charge >= 0.3 is 0 Å². The number of hydrogen-bond acceptors (Lipinski definition) is 4. The van der Waals surface area contributed by atoms with E-state index in [0.29, 0.717) is 11.1 Å². The Hall–Kier alpha value is -2.12. The Labute approximate surface area is 142 Å². The van der Waals surface area contributed by atoms with E-state index in [4.69, 9.17) is 0 Å². The van der Waals surface area contributed by atoms with E-state index in [1.54, 1.807) is 55.9 Å². The van der Waals surface area contributed by atoms with E-state index in [9.17, 15) is 18.4 Å². The molecular formula is C16H28F2N2O4. The Morgan fingerprint density at radius 2 is 0.958 bits per heavy atom. The summed E-state index contributed by atoms with van der Waals surface area (Å²) in [7, 11) is 6.36. The van der Waals surface area contributed by atoms with E-state index in [1.165, 1.54) is 9.80 Å². The second-order valence-electron chi connectivity index (χ2n) is 5.70. The number of amides is 2. The van der Waals surface area contributed by atoms with E-state index >= 15 is 0 Å². The van der Waals surface area contributed by atoms with Gasteiger partial charge in [0.15, 0.2) is 13.2 Å². The van der Waals surface area contributed by atoms with Crippen LogP contribution in [0.15, 0.2) is 23.2 Å². The molecule has 24 heavy (non-hydrogen) atoms. The van der Waals surface area contributed by atoms with Crippen molar-refractivity contribution >= 4 is 11.8 Å². The Morgan fingerprint density at radius 3 is 1.12 bits per heavy atom. The van der Waals surface area contributed by atoms with E-state index in [-0.39, 0.29) is 25.0 Å². The minimum atomic E-state index is -0.676. The van der Waals surface area contributed by atoms with Crippen LogP contribution in [0.4, 0.5) is 8.78 Å². The van der Waals surface area contributed by atoms with Gasteiger partial charge in [0.1, 0.15) is 0 Å². The van der Waals surface area contributed by atoms with Gasteiger partial charge in [0.05, 0.1) is 0 Å². The molecule has 0 unspecified atom stereocenters. The van der Waals surface area contributed by atoms with Crippen molar-refractivity contribution < 1.29 is 27.8 Å². The average Bonchev–Trinajstić information content (AvgIpc) is 2.49. The number of halogens is 2. The lowest BCUT2D eigenvalue weighted by Crippen LogP contribution is -2.25. The van der Waals surface area contributed by atoms with Crippen molar-refractivity contribution in [3.63, 3.8) is 0 Å². The maximum Gasteiger partial charge on any atom is 0.271 e. The zero-order chi connectivity index (χ0) is 19.4. The van der Waals surface area contributed by atoms with Crippen molar-refractivity contribution in [2.45, 2.75) is 27.7 Å². The van der Waals surface area contributed by atoms with E-state index < -0.39 is 12.0 Å². The quantitative estimate of drug-likeness (QED) is 0.691. The molecule has 6 nitrogen and oxygen atoms in total. The topological polar surface area (TPSA) is 59.1 Å². The Morgan fingerprint density at radius 1 is 0.708 bits per heavy atom. The minimum Gasteiger partial charge on any atom is -0.461 e. The normalized spacial score (nSPS) is 9.08. The fourth-order valence-electron chi connectivity index (χ4n) is 0.797. The molecule has 0 saturated heterocycles. The van der Waals surface area contributed by atoms with Crippen LogP contribution >= 0.6 is 0 Å². The van der Waals surface area contributed by atoms with Crippen LogP contribution in [0.5, 0.6) is 0 Å². The first-order valence-corrected chi connectivity index (χ1v) is 7.21. The first kappa shape index (κ1) is 24.1. The number of ether oxygens (including phenoxy) is 2. The summed E-state index contributed by atoms with van der Waals surface area (Å²) in [6, 6.07) is -1.35. The molecule has 0 bridgehead atoms. The summed E-state index contributed by atoms with van der Waals surface area (Å²) in [5.41, 5.74) is 0.864. The van der Waals surface area contributed by atoms with Gasteiger partial charge < -0.3 is 19.3 Å². The van der Waals surface area contributed by atoms with Gasteiger partial charge in [-0.1, -0.05) is 0 Å². The summed E-state index contributed by atoms with van der Waals surface area (Å²) in [5.74, 6) is -0.516. The minimum absolute atomic E-state index is 0.246. The van der Waals surface area contributed by atoms with Crippen LogP contribution in [-0.4, -0.2) is 63.0 Å². The molecule has 0 aliphatic carbocycles. The fraction of sp³-hybridized carbons (Fsp3) is 0.625. The molecule has 0 aliphatic rings. The molecule has 0 atom stereocenters. The monoisotopic (exact) mass is 350 g/mol. The van der Waals surface area contributed by atoms with E-state index in [0.717, 1.165) is 0 Å². The Kier molecular flexibility index (Phi) is 12.4. The van der Waals surface area contributed by atoms with E-state index in [2.05, 4.69) is 9.47 Å². The van der Waals surface area contributed by atoms with Crippen LogP contribution in [0.2, 0.25) is 0 Å². The highest BCUT2D eigenvalue weighted by atomic mass is 19.1. The third kappa shape index (κ3) is 12.4. The number of carbonyl (C=O) groups is 2. The highest BCUT2D eigenvalue weighted by molar-refractivity contribution is 5.77. The maximum atomic E-state index is 12.6. The van der Waals surface area contributed by atoms with Crippen molar-refractivity contribution in [2.24, 2.45) is 0 Å². The zero-order valence-corrected chi connectivity index (χ0v) is 15.7. The molecule has 140 valence electrons. The largest absolute Gasteiger partial charge is 0.461 e. The van der Waals surface area contributed by atoms with Gasteiger partial charge in [-0.2, -0.15) is 8.78 Å². The predicted molar refractivity (Wildman–Crippen MR) is 88.3 cm³/mol. The van der Waals surface area contributed by atoms with Gasteiger partial charge in [-0.05, 0) is 38.8 Å². The van der Waals surface area contributed by atoms with Gasteiger partial charge in [-0.3, -0.25) is 9.59 Å². The summed E-state index contributed by atoms with van der Waals surface area (Å²) >= 11 is 0. The maximum absolute atomic E-state index is 12.6. The number of rotatable bonds is 6. The van der Waals surface area contributed by atoms with Crippen molar-refractivity contribution in [2.75, 3.05) is 41.4 Å². The van der Waals surface area contributed by atoms with Gasteiger partial charge in [0, 0.05) is 28.2 Å². The second kappa shape index (κ2) is 12.3. The highest BCUT2D eigenvalue weighted by Gasteiger charge is 2.07. The number of hydrogen-bond donors (Lipinski definition) is 0. The molecule has 0 rings (SSSR count). The summed E-state index contributed by atoms with van der Waals surface area (Å²) < 4.78 is 34.4. The van der Waals surface area contributed by atoms with Crippen LogP contribution < -0.4 is 0 Å². The standard InChI is InChI=1S/2C8H14FNO2/c2*1-6(2)8(9)12-5-7(11)10(3)4/h2*5H2,1-4H3. The van der Waals surface area contributed by atoms with Gasteiger partial charge in [-0.25, -0.2) is 0 Å². The van der Waals surface area contributed by atoms with Crippen LogP contribution in [-0.2, 0) is 19.1 Å². The molecule has 0 spiro atoms. The number of carbonyl (C=O) groups excluding carboxylic acids is 2. The first-order valence-electron chi connectivity index (χ1n) is 7.21. The fourth-order valence-corrected chi connectivity index (χ4v) is 0.797. The first-order chi connectivity index (χ1) is 10.9. The van der Waals surface area contributed by atoms with Gasteiger partial charge in [0.2, 0.25) is 0 Å². The zero-order valence-electron chi connectivity index (χ0n) is 15.7. The van der Waals surface area contributed by atoms with Crippen molar-refractivity contribution in [3.05, 3.63) is 23.2 Å². The van der Waals surface area contributed by atoms with Crippen LogP contribution in [0, 0.1) is 0 Å². The van der Waals surface area contributed by atoms with Gasteiger partial charge in [0.25, 0.3) is 23.8 Å². The van der Waals surface area contributed by atoms with Crippen molar-refractivity contribution in [1.29, 1.82) is 0 Å². The third-order valence-electron chi connectivity index (χ3n) is 2.43. The molecule has 0 heterocycles. The van der Waals surface area contributed by atoms with Crippen LogP contribution in [0.1, 0.15) is 27.7 Å². The number of allylic oxidation sites excluding steroid dienone is 2. The molecule has 0 N–H and O–H groups in total. The van der Waals surface area contributed by atoms with Gasteiger partial charge in [-0.15, -0.1) is 0 Å². The van der Waals surface area contributed by atoms with Crippen molar-refractivity contribution in [3.8, 4) is 0 Å². The molecule has 0 aromatic rings. The smallest absolute Gasteiger partial charge is 0.271 e. The van der Waals surface area contributed by atoms with Crippen molar-refractivity contribution in [1.82, 2.24) is 9.80 Å². The lowest BCUT2D eigenvalue weighted by atomic mass is 10.4. The predicted octanol–water partition coefficient (Wildman–Crippen LogP) is 2.62. The third-order valence-corrected chi connectivity index (χ3v) is 2.43. The van der Waals surface area contributed by atoms with Crippen LogP contribution in [0.3, 0.4) is 0 Å². The highest BCUT2D eigenvalue weighted by Crippen LogP contribution is 2.06. The summed E-state index contributed by atoms with van der Waals surface area (Å²) in [6.45, 7) is 5.82. The number of likely N-dealkylation sites (N-methyl/N-ethyl adjacent to an activating group) is 2. The lowest BCUT2D eigenvalue weighted by molar-refractivity contribution is -0.133. The lowest BCUT2D eigenvalue weighted by Gasteiger charge is -2.10. The SMILES string of the molecule is CC(C)=C(F)OCC(=O)N(C)C.CC(C)=C(F)OCC(=O)N(C)C. The molecule has 0 radical (unpaired) electrons. The molecule has 0 saturated carbocycles. The average molecular weight is 350 g/mol. The summed E-state index contributed by atoms with van der Waals surface area (Å²) in [5, 5.41) is 0. The number of nitrogens with zero attached hydrogens (tertiary/aromatic N) is 2. The summed E-state index contributed by atoms with van der Waals surface area (Å²) in [4.78, 5) is 24.5. The van der Waals surface area contributed by atoms with E-state index in [1.807, 2.05) is 0 Å². The molecule has 0 aromatic heterocycles. The summed E-state index contributed by atoms with van der Waals surface area (Å²) in [6.07, 6.45) is 0. The van der Waals surface area contributed by atoms with Crippen LogP contribution in [0.25, 0.3) is 0 Å². The Balaban J connectivity index is 0. The molecule has 0 fully saturated rings. The molecule has 8 heteroatoms. The molecular weight excluding hydrogens is 322 g/mol.